The summed E-state index contributed by atoms with van der Waals surface area (Å²) in [5.74, 6) is 3.42. The number of fused-ring (bicyclic) bond motifs is 1. The second-order valence-electron chi connectivity index (χ2n) is 5.14. The van der Waals surface area contributed by atoms with E-state index in [2.05, 4.69) is 24.4 Å². The number of hydrogen-bond donors (Lipinski definition) is 0. The van der Waals surface area contributed by atoms with Crippen molar-refractivity contribution in [2.45, 2.75) is 31.8 Å². The van der Waals surface area contributed by atoms with Gasteiger partial charge in [0.25, 0.3) is 0 Å². The van der Waals surface area contributed by atoms with Crippen LogP contribution in [0.2, 0.25) is 5.15 Å². The Hall–Kier alpha value is -1.62. The lowest BCUT2D eigenvalue weighted by atomic mass is 10.3. The predicted octanol–water partition coefficient (Wildman–Crippen LogP) is 2.22. The van der Waals surface area contributed by atoms with E-state index in [9.17, 15) is 0 Å². The van der Waals surface area contributed by atoms with Gasteiger partial charge in [-0.15, -0.1) is 0 Å². The molecular weight excluding hydrogens is 262 g/mol. The van der Waals surface area contributed by atoms with Crippen LogP contribution in [0.5, 0.6) is 0 Å². The van der Waals surface area contributed by atoms with E-state index in [0.29, 0.717) is 11.1 Å². The third-order valence-electron chi connectivity index (χ3n) is 3.71. The maximum atomic E-state index is 6.12. The summed E-state index contributed by atoms with van der Waals surface area (Å²) in [5.41, 5.74) is 0. The molecule has 98 valence electrons. The lowest BCUT2D eigenvalue weighted by molar-refractivity contribution is 0.555. The third kappa shape index (κ3) is 2.08. The Labute approximate surface area is 116 Å². The van der Waals surface area contributed by atoms with Crippen molar-refractivity contribution in [1.29, 1.82) is 0 Å². The molecular formula is C13H14ClN5. The van der Waals surface area contributed by atoms with Crippen LogP contribution in [0.25, 0.3) is 0 Å². The molecule has 0 aromatic carbocycles. The zero-order chi connectivity index (χ0) is 12.8. The first kappa shape index (κ1) is 11.2. The molecule has 1 aliphatic carbocycles. The van der Waals surface area contributed by atoms with Gasteiger partial charge in [-0.2, -0.15) is 0 Å². The van der Waals surface area contributed by atoms with Crippen molar-refractivity contribution in [2.24, 2.45) is 0 Å². The van der Waals surface area contributed by atoms with Crippen LogP contribution in [0.1, 0.15) is 30.4 Å². The minimum absolute atomic E-state index is 0.518. The van der Waals surface area contributed by atoms with Crippen LogP contribution < -0.4 is 4.90 Å². The normalized spacial score (nSPS) is 18.5. The molecule has 4 rings (SSSR count). The summed E-state index contributed by atoms with van der Waals surface area (Å²) in [7, 11) is 0. The molecule has 0 N–H and O–H groups in total. The molecule has 0 unspecified atom stereocenters. The van der Waals surface area contributed by atoms with E-state index >= 15 is 0 Å². The molecule has 19 heavy (non-hydrogen) atoms. The highest BCUT2D eigenvalue weighted by atomic mass is 35.5. The van der Waals surface area contributed by atoms with Crippen molar-refractivity contribution in [3.05, 3.63) is 35.3 Å². The van der Waals surface area contributed by atoms with Gasteiger partial charge in [0.05, 0.1) is 6.54 Å². The zero-order valence-electron chi connectivity index (χ0n) is 10.5. The molecule has 1 aliphatic heterocycles. The lowest BCUT2D eigenvalue weighted by Gasteiger charge is -2.28. The monoisotopic (exact) mass is 275 g/mol. The molecule has 0 saturated heterocycles. The van der Waals surface area contributed by atoms with E-state index in [1.165, 1.54) is 12.8 Å². The minimum Gasteiger partial charge on any atom is -0.347 e. The maximum Gasteiger partial charge on any atom is 0.135 e. The number of nitrogens with zero attached hydrogens (tertiary/aromatic N) is 5. The Kier molecular flexibility index (Phi) is 2.48. The van der Waals surface area contributed by atoms with Gasteiger partial charge in [0.1, 0.15) is 22.6 Å². The lowest BCUT2D eigenvalue weighted by Crippen LogP contribution is -2.34. The van der Waals surface area contributed by atoms with Crippen LogP contribution in [0.15, 0.2) is 18.5 Å². The first-order chi connectivity index (χ1) is 9.29. The van der Waals surface area contributed by atoms with Gasteiger partial charge >= 0.3 is 0 Å². The highest BCUT2D eigenvalue weighted by Crippen LogP contribution is 2.39. The van der Waals surface area contributed by atoms with Gasteiger partial charge in [-0.05, 0) is 12.8 Å². The molecule has 5 nitrogen and oxygen atoms in total. The summed E-state index contributed by atoms with van der Waals surface area (Å²) in [5, 5.41) is 0.542. The van der Waals surface area contributed by atoms with Crippen molar-refractivity contribution in [1.82, 2.24) is 19.5 Å². The first-order valence-corrected chi connectivity index (χ1v) is 6.97. The Bertz CT molecular complexity index is 619. The number of halogens is 1. The van der Waals surface area contributed by atoms with Crippen LogP contribution in [0.3, 0.4) is 0 Å². The predicted molar refractivity (Wildman–Crippen MR) is 72.3 cm³/mol. The van der Waals surface area contributed by atoms with Gasteiger partial charge in [0.15, 0.2) is 0 Å². The fourth-order valence-corrected chi connectivity index (χ4v) is 2.66. The molecule has 1 fully saturated rings. The minimum atomic E-state index is 0.518. The van der Waals surface area contributed by atoms with Crippen molar-refractivity contribution < 1.29 is 0 Å². The number of aromatic nitrogens is 4. The number of anilines is 1. The van der Waals surface area contributed by atoms with Gasteiger partial charge in [-0.3, -0.25) is 0 Å². The molecule has 0 spiro atoms. The molecule has 2 aliphatic rings. The smallest absolute Gasteiger partial charge is 0.135 e. The average molecular weight is 276 g/mol. The Morgan fingerprint density at radius 2 is 2.11 bits per heavy atom. The standard InChI is InChI=1S/C13H14ClN5/c14-10-7-11(17-13(16-10)9-1-2-9)19-6-5-18-4-3-15-12(18)8-19/h3-4,7,9H,1-2,5-6,8H2. The van der Waals surface area contributed by atoms with Gasteiger partial charge in [-0.25, -0.2) is 15.0 Å². The van der Waals surface area contributed by atoms with Crippen LogP contribution in [0, 0.1) is 0 Å². The Morgan fingerprint density at radius 1 is 1.21 bits per heavy atom. The van der Waals surface area contributed by atoms with Crippen LogP contribution in [0.4, 0.5) is 5.82 Å². The Morgan fingerprint density at radius 3 is 2.95 bits per heavy atom. The van der Waals surface area contributed by atoms with E-state index in [1.807, 2.05) is 18.5 Å². The molecule has 0 radical (unpaired) electrons. The summed E-state index contributed by atoms with van der Waals surface area (Å²) in [4.78, 5) is 15.6. The third-order valence-corrected chi connectivity index (χ3v) is 3.90. The maximum absolute atomic E-state index is 6.12. The molecule has 0 atom stereocenters. The van der Waals surface area contributed by atoms with Crippen molar-refractivity contribution >= 4 is 17.4 Å². The second kappa shape index (κ2) is 4.20. The van der Waals surface area contributed by atoms with Gasteiger partial charge in [-0.1, -0.05) is 11.6 Å². The van der Waals surface area contributed by atoms with Gasteiger partial charge in [0, 0.05) is 37.5 Å². The van der Waals surface area contributed by atoms with E-state index in [4.69, 9.17) is 11.6 Å². The summed E-state index contributed by atoms with van der Waals surface area (Å²) in [6.07, 6.45) is 6.24. The quantitative estimate of drug-likeness (QED) is 0.789. The SMILES string of the molecule is Clc1cc(N2CCn3ccnc3C2)nc(C2CC2)n1. The molecule has 2 aromatic rings. The highest BCUT2D eigenvalue weighted by Gasteiger charge is 2.28. The highest BCUT2D eigenvalue weighted by molar-refractivity contribution is 6.29. The molecule has 2 aromatic heterocycles. The van der Waals surface area contributed by atoms with Crippen molar-refractivity contribution in [3.63, 3.8) is 0 Å². The Balaban J connectivity index is 1.66. The molecule has 6 heteroatoms. The fraction of sp³-hybridized carbons (Fsp3) is 0.462. The molecule has 0 amide bonds. The van der Waals surface area contributed by atoms with Crippen molar-refractivity contribution in [2.75, 3.05) is 11.4 Å². The summed E-state index contributed by atoms with van der Waals surface area (Å²) in [6, 6.07) is 1.85. The summed E-state index contributed by atoms with van der Waals surface area (Å²) >= 11 is 6.12. The molecule has 0 bridgehead atoms. The molecule has 3 heterocycles. The summed E-state index contributed by atoms with van der Waals surface area (Å²) in [6.45, 7) is 2.65. The van der Waals surface area contributed by atoms with E-state index in [-0.39, 0.29) is 0 Å². The van der Waals surface area contributed by atoms with E-state index in [0.717, 1.165) is 37.1 Å². The van der Waals surface area contributed by atoms with Crippen LogP contribution >= 0.6 is 11.6 Å². The van der Waals surface area contributed by atoms with Crippen molar-refractivity contribution in [3.8, 4) is 0 Å². The number of hydrogen-bond acceptors (Lipinski definition) is 4. The fourth-order valence-electron chi connectivity index (χ4n) is 2.48. The average Bonchev–Trinajstić information content (AvgIpc) is 3.16. The largest absolute Gasteiger partial charge is 0.347 e. The second-order valence-corrected chi connectivity index (χ2v) is 5.53. The van der Waals surface area contributed by atoms with Crippen LogP contribution in [-0.2, 0) is 13.1 Å². The topological polar surface area (TPSA) is 46.8 Å². The van der Waals surface area contributed by atoms with Crippen LogP contribution in [-0.4, -0.2) is 26.1 Å². The number of imidazole rings is 1. The zero-order valence-corrected chi connectivity index (χ0v) is 11.2. The number of rotatable bonds is 2. The summed E-state index contributed by atoms with van der Waals surface area (Å²) < 4.78 is 2.18. The van der Waals surface area contributed by atoms with E-state index in [1.54, 1.807) is 0 Å². The molecule has 1 saturated carbocycles. The first-order valence-electron chi connectivity index (χ1n) is 6.59. The van der Waals surface area contributed by atoms with Gasteiger partial charge in [0.2, 0.25) is 0 Å². The van der Waals surface area contributed by atoms with E-state index < -0.39 is 0 Å². The van der Waals surface area contributed by atoms with Gasteiger partial charge < -0.3 is 9.47 Å².